The van der Waals surface area contributed by atoms with Crippen LogP contribution >= 0.6 is 23.5 Å². The number of hydrogen-bond donors (Lipinski definition) is 9. The molecule has 0 spiro atoms. The van der Waals surface area contributed by atoms with E-state index in [0.717, 1.165) is 43.2 Å². The summed E-state index contributed by atoms with van der Waals surface area (Å²) in [5.74, 6) is -6.41. The highest BCUT2D eigenvalue weighted by Crippen LogP contribution is 2.47. The first kappa shape index (κ1) is 48.1. The number of rotatable bonds is 13. The van der Waals surface area contributed by atoms with Crippen LogP contribution in [0.5, 0.6) is 0 Å². The van der Waals surface area contributed by atoms with Crippen molar-refractivity contribution in [3.05, 3.63) is 47.0 Å². The topological polar surface area (TPSA) is 343 Å². The van der Waals surface area contributed by atoms with Gasteiger partial charge in [0.15, 0.2) is 12.6 Å². The van der Waals surface area contributed by atoms with E-state index >= 15 is 0 Å². The summed E-state index contributed by atoms with van der Waals surface area (Å²) in [6.45, 7) is -2.32. The Morgan fingerprint density at radius 3 is 1.45 bits per heavy atom. The second-order valence-corrected chi connectivity index (χ2v) is 16.3. The van der Waals surface area contributed by atoms with Gasteiger partial charge >= 0.3 is 22.5 Å². The van der Waals surface area contributed by atoms with Crippen molar-refractivity contribution in [1.82, 2.24) is 0 Å². The lowest BCUT2D eigenvalue weighted by molar-refractivity contribution is -0.341. The van der Waals surface area contributed by atoms with Gasteiger partial charge < -0.3 is 93.3 Å². The minimum atomic E-state index is -1.96. The molecule has 2 fully saturated rings. The molecule has 9 N–H and O–H groups in total. The molecule has 6 aliphatic rings. The summed E-state index contributed by atoms with van der Waals surface area (Å²) in [7, 11) is 1.12. The Kier molecular flexibility index (Phi) is 16.0. The number of carbonyl (C=O) groups is 4. The molecule has 4 heterocycles. The number of esters is 2. The number of aliphatic hydroxyl groups excluding tert-OH is 9. The van der Waals surface area contributed by atoms with Crippen molar-refractivity contribution in [2.24, 2.45) is 23.7 Å². The molecule has 0 radical (unpaired) electrons. The number of fused-ring (bicyclic) bond motifs is 2. The van der Waals surface area contributed by atoms with Gasteiger partial charge in [0.25, 0.3) is 0 Å². The van der Waals surface area contributed by atoms with Crippen molar-refractivity contribution in [2.75, 3.05) is 46.0 Å². The first-order valence-electron chi connectivity index (χ1n) is 19.0. The van der Waals surface area contributed by atoms with Crippen molar-refractivity contribution in [3.63, 3.8) is 0 Å². The predicted octanol–water partition coefficient (Wildman–Crippen LogP) is -3.11. The van der Waals surface area contributed by atoms with Gasteiger partial charge in [0.1, 0.15) is 68.7 Å². The summed E-state index contributed by atoms with van der Waals surface area (Å²) in [4.78, 5) is 50.3. The summed E-state index contributed by atoms with van der Waals surface area (Å²) >= 11 is 1.55. The van der Waals surface area contributed by atoms with Gasteiger partial charge in [0, 0.05) is 11.8 Å². The number of methoxy groups -OCH3 is 1. The molecular weight excluding hydrogens is 877 g/mol. The standard InChI is InChI=1S/C37H48O23S2/c1-51-30(47)14-9-53-32(20-12(4-16(39)22(14)20)7-55-36(49)61-2)60-35-29(46)27(44)25(42)19(58-35)11-52-31(48)15-10-54-33(59-34-28(45)26(43)24(41)18(6-38)57-34)21-13(5-17(40)23(15)21)8-56-37(50)62-3/h4-5,9-10,16-29,32-35,38-46H,6-8,11H2,1-3H3/t16-,17-,18+,19+,20+,21+,22-,23-,24-,25-,26-,27-,28+,29+,32-,33-,34-,35-/m0/s1. The predicted molar refractivity (Wildman–Crippen MR) is 203 cm³/mol. The average molecular weight is 925 g/mol. The van der Waals surface area contributed by atoms with Crippen molar-refractivity contribution in [2.45, 2.75) is 86.2 Å². The highest BCUT2D eigenvalue weighted by atomic mass is 32.2. The highest BCUT2D eigenvalue weighted by Gasteiger charge is 2.55. The molecule has 0 saturated carbocycles. The second kappa shape index (κ2) is 20.6. The summed E-state index contributed by atoms with van der Waals surface area (Å²) in [6.07, 6.45) is -15.9. The average Bonchev–Trinajstić information content (AvgIpc) is 3.79. The third-order valence-electron chi connectivity index (χ3n) is 11.2. The van der Waals surface area contributed by atoms with Gasteiger partial charge in [-0.05, 0) is 47.2 Å². The lowest BCUT2D eigenvalue weighted by atomic mass is 9.82. The first-order valence-corrected chi connectivity index (χ1v) is 21.5. The van der Waals surface area contributed by atoms with Crippen LogP contribution in [0.2, 0.25) is 0 Å². The molecule has 6 rings (SSSR count). The van der Waals surface area contributed by atoms with E-state index in [2.05, 4.69) is 0 Å². The molecule has 0 aromatic carbocycles. The maximum atomic E-state index is 13.7. The van der Waals surface area contributed by atoms with Gasteiger partial charge in [-0.25, -0.2) is 19.2 Å². The quantitative estimate of drug-likeness (QED) is 0.0501. The molecule has 0 amide bonds. The van der Waals surface area contributed by atoms with Crippen LogP contribution in [-0.2, 0) is 57.0 Å². The van der Waals surface area contributed by atoms with Crippen LogP contribution in [0.3, 0.4) is 0 Å². The third kappa shape index (κ3) is 9.81. The molecule has 25 heteroatoms. The van der Waals surface area contributed by atoms with E-state index in [-0.39, 0.29) is 28.9 Å². The fourth-order valence-electron chi connectivity index (χ4n) is 8.07. The molecule has 2 aliphatic carbocycles. The zero-order valence-corrected chi connectivity index (χ0v) is 34.7. The molecule has 18 atom stereocenters. The number of ether oxygens (including phenoxy) is 10. The molecule has 346 valence electrons. The molecule has 62 heavy (non-hydrogen) atoms. The van der Waals surface area contributed by atoms with Gasteiger partial charge in [-0.2, -0.15) is 0 Å². The Balaban J connectivity index is 1.17. The number of carbonyl (C=O) groups excluding carboxylic acids is 4. The Hall–Kier alpha value is -3.38. The number of hydrogen-bond acceptors (Lipinski definition) is 25. The second-order valence-electron chi connectivity index (χ2n) is 14.8. The Morgan fingerprint density at radius 2 is 1.02 bits per heavy atom. The van der Waals surface area contributed by atoms with E-state index in [1.165, 1.54) is 24.7 Å². The first-order chi connectivity index (χ1) is 29.5. The van der Waals surface area contributed by atoms with E-state index in [4.69, 9.17) is 47.4 Å². The van der Waals surface area contributed by atoms with Gasteiger partial charge in [-0.1, -0.05) is 12.2 Å². The molecule has 0 unspecified atom stereocenters. The summed E-state index contributed by atoms with van der Waals surface area (Å²) in [5, 5.41) is 94.3. The van der Waals surface area contributed by atoms with E-state index in [9.17, 15) is 65.1 Å². The fraction of sp³-hybridized carbons (Fsp3) is 0.676. The van der Waals surface area contributed by atoms with Crippen LogP contribution in [0, 0.1) is 23.7 Å². The molecule has 23 nitrogen and oxygen atoms in total. The lowest BCUT2D eigenvalue weighted by Gasteiger charge is -2.43. The molecule has 0 aromatic rings. The zero-order chi connectivity index (χ0) is 45.2. The van der Waals surface area contributed by atoms with Gasteiger partial charge in [0.2, 0.25) is 12.6 Å². The summed E-state index contributed by atoms with van der Waals surface area (Å²) in [5.41, 5.74) is 0.103. The van der Waals surface area contributed by atoms with Crippen LogP contribution in [-0.4, -0.2) is 201 Å². The third-order valence-corrected chi connectivity index (χ3v) is 12.1. The molecule has 4 aliphatic heterocycles. The van der Waals surface area contributed by atoms with Gasteiger partial charge in [0.05, 0.1) is 61.4 Å². The maximum absolute atomic E-state index is 13.7. The smallest absolute Gasteiger partial charge is 0.367 e. The normalized spacial score (nSPS) is 39.9. The van der Waals surface area contributed by atoms with Crippen molar-refractivity contribution >= 4 is 46.1 Å². The van der Waals surface area contributed by atoms with Gasteiger partial charge in [-0.3, -0.25) is 0 Å². The minimum absolute atomic E-state index is 0.0802. The summed E-state index contributed by atoms with van der Waals surface area (Å²) in [6, 6.07) is 0. The maximum Gasteiger partial charge on any atom is 0.367 e. The summed E-state index contributed by atoms with van der Waals surface area (Å²) < 4.78 is 55.2. The largest absolute Gasteiger partial charge is 0.471 e. The fourth-order valence-corrected chi connectivity index (χ4v) is 8.42. The van der Waals surface area contributed by atoms with Crippen LogP contribution < -0.4 is 0 Å². The highest BCUT2D eigenvalue weighted by molar-refractivity contribution is 8.12. The molecular formula is C37H48O23S2. The molecule has 0 aromatic heterocycles. The van der Waals surface area contributed by atoms with Crippen molar-refractivity contribution in [3.8, 4) is 0 Å². The Labute approximate surface area is 360 Å². The Bertz CT molecular complexity index is 1790. The molecule has 2 saturated heterocycles. The van der Waals surface area contributed by atoms with Crippen molar-refractivity contribution in [1.29, 1.82) is 0 Å². The SMILES string of the molecule is COC(=O)C1=CO[C@@H](O[C@@H]2O[C@H](COC(=O)C3=CO[C@@H](O[C@@H]4O[C@H](CO)[C@H](O)[C@H](O)[C@H]4O)[C@@H]4C(COC(=O)SC)=C[C@H](O)[C@H]34)[C@H](O)[C@H](O)[C@H]2O)[C@@H]2C(COC(=O)SC)=C[C@H](O)[C@H]12. The van der Waals surface area contributed by atoms with Crippen LogP contribution in [0.1, 0.15) is 0 Å². The van der Waals surface area contributed by atoms with Crippen LogP contribution in [0.4, 0.5) is 9.59 Å². The monoisotopic (exact) mass is 924 g/mol. The lowest BCUT2D eigenvalue weighted by Crippen LogP contribution is -2.60. The van der Waals surface area contributed by atoms with E-state index in [1.807, 2.05) is 0 Å². The van der Waals surface area contributed by atoms with E-state index in [0.29, 0.717) is 0 Å². The number of thioether (sulfide) groups is 2. The molecule has 0 bridgehead atoms. The van der Waals surface area contributed by atoms with Crippen molar-refractivity contribution < 1.29 is 113 Å². The van der Waals surface area contributed by atoms with E-state index in [1.54, 1.807) is 0 Å². The zero-order valence-electron chi connectivity index (χ0n) is 33.1. The van der Waals surface area contributed by atoms with E-state index < -0.39 is 152 Å². The van der Waals surface area contributed by atoms with Crippen LogP contribution in [0.15, 0.2) is 47.0 Å². The Morgan fingerprint density at radius 1 is 0.581 bits per heavy atom. The number of aliphatic hydroxyl groups is 9. The van der Waals surface area contributed by atoms with Crippen LogP contribution in [0.25, 0.3) is 0 Å². The minimum Gasteiger partial charge on any atom is -0.471 e. The van der Waals surface area contributed by atoms with Gasteiger partial charge in [-0.15, -0.1) is 0 Å².